The van der Waals surface area contributed by atoms with Crippen molar-refractivity contribution in [3.05, 3.63) is 35.9 Å². The van der Waals surface area contributed by atoms with Crippen LogP contribution >= 0.6 is 0 Å². The van der Waals surface area contributed by atoms with Gasteiger partial charge in [0, 0.05) is 25.6 Å². The zero-order chi connectivity index (χ0) is 17.6. The van der Waals surface area contributed by atoms with E-state index in [1.54, 1.807) is 21.3 Å². The van der Waals surface area contributed by atoms with Crippen LogP contribution in [0.25, 0.3) is 0 Å². The predicted octanol–water partition coefficient (Wildman–Crippen LogP) is 1.95. The molecule has 0 N–H and O–H groups in total. The van der Waals surface area contributed by atoms with E-state index in [1.807, 2.05) is 24.3 Å². The van der Waals surface area contributed by atoms with E-state index in [-0.39, 0.29) is 6.10 Å². The van der Waals surface area contributed by atoms with Crippen molar-refractivity contribution in [2.75, 3.05) is 45.9 Å². The molecule has 7 heteroatoms. The molecular formula is C18H23N3O4. The van der Waals surface area contributed by atoms with Crippen LogP contribution in [0.1, 0.15) is 5.56 Å². The highest BCUT2D eigenvalue weighted by Gasteiger charge is 2.23. The molecule has 0 amide bonds. The molecule has 0 saturated carbocycles. The molecule has 2 heterocycles. The van der Waals surface area contributed by atoms with Gasteiger partial charge < -0.3 is 23.8 Å². The maximum Gasteiger partial charge on any atom is 0.321 e. The number of nitrogens with zero attached hydrogens (tertiary/aromatic N) is 3. The number of hydrogen-bond donors (Lipinski definition) is 0. The fraction of sp³-hybridized carbons (Fsp3) is 0.444. The molecule has 0 radical (unpaired) electrons. The number of methoxy groups -OCH3 is 3. The van der Waals surface area contributed by atoms with Crippen molar-refractivity contribution >= 4 is 5.82 Å². The number of benzene rings is 1. The molecule has 0 unspecified atom stereocenters. The van der Waals surface area contributed by atoms with Gasteiger partial charge in [-0.05, 0) is 17.7 Å². The van der Waals surface area contributed by atoms with Crippen molar-refractivity contribution in [1.29, 1.82) is 0 Å². The summed E-state index contributed by atoms with van der Waals surface area (Å²) >= 11 is 0. The fourth-order valence-corrected chi connectivity index (χ4v) is 2.86. The first-order chi connectivity index (χ1) is 12.2. The van der Waals surface area contributed by atoms with E-state index in [9.17, 15) is 0 Å². The van der Waals surface area contributed by atoms with Crippen molar-refractivity contribution in [3.63, 3.8) is 0 Å². The third kappa shape index (κ3) is 4.30. The molecule has 2 aromatic rings. The Kier molecular flexibility index (Phi) is 5.55. The summed E-state index contributed by atoms with van der Waals surface area (Å²) in [5, 5.41) is 0. The highest BCUT2D eigenvalue weighted by molar-refractivity contribution is 5.43. The van der Waals surface area contributed by atoms with Crippen molar-refractivity contribution in [2.45, 2.75) is 12.5 Å². The van der Waals surface area contributed by atoms with Crippen LogP contribution < -0.4 is 19.1 Å². The first-order valence-electron chi connectivity index (χ1n) is 8.18. The molecule has 1 aliphatic rings. The van der Waals surface area contributed by atoms with Crippen molar-refractivity contribution in [2.24, 2.45) is 0 Å². The van der Waals surface area contributed by atoms with E-state index in [2.05, 4.69) is 20.9 Å². The number of morpholine rings is 1. The van der Waals surface area contributed by atoms with Crippen LogP contribution in [0.3, 0.4) is 0 Å². The summed E-state index contributed by atoms with van der Waals surface area (Å²) in [6, 6.07) is 10.2. The summed E-state index contributed by atoms with van der Waals surface area (Å²) in [5.41, 5.74) is 1.18. The fourth-order valence-electron chi connectivity index (χ4n) is 2.86. The zero-order valence-corrected chi connectivity index (χ0v) is 14.8. The van der Waals surface area contributed by atoms with E-state index in [0.717, 1.165) is 31.1 Å². The Hall–Kier alpha value is -2.54. The second-order valence-electron chi connectivity index (χ2n) is 5.75. The molecule has 0 bridgehead atoms. The van der Waals surface area contributed by atoms with Crippen molar-refractivity contribution < 1.29 is 18.9 Å². The van der Waals surface area contributed by atoms with Gasteiger partial charge in [-0.15, -0.1) is 0 Å². The number of aromatic nitrogens is 2. The first-order valence-corrected chi connectivity index (χ1v) is 8.18. The van der Waals surface area contributed by atoms with Crippen LogP contribution in [0, 0.1) is 0 Å². The maximum absolute atomic E-state index is 5.93. The standard InChI is InChI=1S/C18H23N3O4/c1-22-14-6-4-5-13(9-14)10-15-12-21(7-8-25-15)16-11-17(23-2)20-18(19-16)24-3/h4-6,9,11,15H,7-8,10,12H2,1-3H3/t15-/m0/s1. The molecule has 3 rings (SSSR count). The quantitative estimate of drug-likeness (QED) is 0.793. The van der Waals surface area contributed by atoms with Gasteiger partial charge in [-0.1, -0.05) is 12.1 Å². The van der Waals surface area contributed by atoms with Crippen LogP contribution in [0.2, 0.25) is 0 Å². The molecule has 7 nitrogen and oxygen atoms in total. The third-order valence-corrected chi connectivity index (χ3v) is 4.12. The van der Waals surface area contributed by atoms with Gasteiger partial charge in [0.2, 0.25) is 5.88 Å². The minimum Gasteiger partial charge on any atom is -0.497 e. The van der Waals surface area contributed by atoms with E-state index in [0.29, 0.717) is 18.5 Å². The van der Waals surface area contributed by atoms with Gasteiger partial charge in [-0.25, -0.2) is 0 Å². The normalized spacial score (nSPS) is 17.2. The summed E-state index contributed by atoms with van der Waals surface area (Å²) in [6.45, 7) is 2.14. The lowest BCUT2D eigenvalue weighted by molar-refractivity contribution is 0.0407. The minimum atomic E-state index is 0.0767. The van der Waals surface area contributed by atoms with Gasteiger partial charge in [0.25, 0.3) is 0 Å². The molecule has 1 fully saturated rings. The molecule has 0 spiro atoms. The molecule has 25 heavy (non-hydrogen) atoms. The van der Waals surface area contributed by atoms with Crippen LogP contribution in [0.5, 0.6) is 17.6 Å². The Balaban J connectivity index is 1.72. The molecule has 1 atom stereocenters. The average molecular weight is 345 g/mol. The average Bonchev–Trinajstić information content (AvgIpc) is 2.68. The van der Waals surface area contributed by atoms with E-state index < -0.39 is 0 Å². The van der Waals surface area contributed by atoms with E-state index in [1.165, 1.54) is 5.56 Å². The topological polar surface area (TPSA) is 65.9 Å². The SMILES string of the molecule is COc1cccc(C[C@H]2CN(c3cc(OC)nc(OC)n3)CCO2)c1. The largest absolute Gasteiger partial charge is 0.497 e. The number of hydrogen-bond acceptors (Lipinski definition) is 7. The molecule has 1 aromatic heterocycles. The lowest BCUT2D eigenvalue weighted by atomic mass is 10.1. The predicted molar refractivity (Wildman–Crippen MR) is 93.8 cm³/mol. The smallest absolute Gasteiger partial charge is 0.321 e. The zero-order valence-electron chi connectivity index (χ0n) is 14.8. The van der Waals surface area contributed by atoms with Crippen molar-refractivity contribution in [3.8, 4) is 17.6 Å². The van der Waals surface area contributed by atoms with Crippen LogP contribution in [-0.2, 0) is 11.2 Å². The molecular weight excluding hydrogens is 322 g/mol. The molecule has 1 saturated heterocycles. The number of anilines is 1. The maximum atomic E-state index is 5.93. The lowest BCUT2D eigenvalue weighted by Crippen LogP contribution is -2.43. The van der Waals surface area contributed by atoms with Crippen LogP contribution in [-0.4, -0.2) is 57.1 Å². The van der Waals surface area contributed by atoms with E-state index in [4.69, 9.17) is 18.9 Å². The van der Waals surface area contributed by atoms with Gasteiger partial charge in [-0.3, -0.25) is 0 Å². The summed E-state index contributed by atoms with van der Waals surface area (Å²) < 4.78 is 21.6. The van der Waals surface area contributed by atoms with Gasteiger partial charge in [0.05, 0.1) is 34.0 Å². The number of rotatable bonds is 6. The van der Waals surface area contributed by atoms with Gasteiger partial charge >= 0.3 is 6.01 Å². The highest BCUT2D eigenvalue weighted by Crippen LogP contribution is 2.24. The van der Waals surface area contributed by atoms with Crippen LogP contribution in [0.4, 0.5) is 5.82 Å². The highest BCUT2D eigenvalue weighted by atomic mass is 16.5. The minimum absolute atomic E-state index is 0.0767. The second kappa shape index (κ2) is 8.02. The first kappa shape index (κ1) is 17.3. The number of ether oxygens (including phenoxy) is 4. The van der Waals surface area contributed by atoms with Crippen molar-refractivity contribution in [1.82, 2.24) is 9.97 Å². The Morgan fingerprint density at radius 1 is 1.12 bits per heavy atom. The molecule has 1 aromatic carbocycles. The molecule has 0 aliphatic carbocycles. The Morgan fingerprint density at radius 3 is 2.76 bits per heavy atom. The lowest BCUT2D eigenvalue weighted by Gasteiger charge is -2.34. The summed E-state index contributed by atoms with van der Waals surface area (Å²) in [4.78, 5) is 10.7. The molecule has 134 valence electrons. The summed E-state index contributed by atoms with van der Waals surface area (Å²) in [6.07, 6.45) is 0.889. The Morgan fingerprint density at radius 2 is 2.00 bits per heavy atom. The second-order valence-corrected chi connectivity index (χ2v) is 5.75. The molecule has 1 aliphatic heterocycles. The van der Waals surface area contributed by atoms with Crippen LogP contribution in [0.15, 0.2) is 30.3 Å². The van der Waals surface area contributed by atoms with Gasteiger partial charge in [0.15, 0.2) is 0 Å². The summed E-state index contributed by atoms with van der Waals surface area (Å²) in [7, 11) is 4.80. The Bertz CT molecular complexity index is 688. The third-order valence-electron chi connectivity index (χ3n) is 4.12. The Labute approximate surface area is 147 Å². The summed E-state index contributed by atoms with van der Waals surface area (Å²) in [5.74, 6) is 2.12. The van der Waals surface area contributed by atoms with Gasteiger partial charge in [-0.2, -0.15) is 9.97 Å². The van der Waals surface area contributed by atoms with Gasteiger partial charge in [0.1, 0.15) is 11.6 Å². The monoisotopic (exact) mass is 345 g/mol. The van der Waals surface area contributed by atoms with E-state index >= 15 is 0 Å².